The lowest BCUT2D eigenvalue weighted by atomic mass is 10.5. The Labute approximate surface area is 135 Å². The third-order valence-electron chi connectivity index (χ3n) is 2.67. The summed E-state index contributed by atoms with van der Waals surface area (Å²) >= 11 is 0. The standard InChI is InChI=1S/2C6H11N2.C3H4O4/c2*1-3-8-5-4-7(2)6-8;4-2(5)1-3(6)7/h2*4-6H,3H2,1-2H3;1H2,(H,4,5)(H,6,7)/q2*+1;/p-2. The summed E-state index contributed by atoms with van der Waals surface area (Å²) in [5, 5.41) is 18.6. The SMILES string of the molecule is CCn1cc[n+](C)c1.CCn1cc[n+](C)c1.O=C([O-])CC(=O)[O-]. The van der Waals surface area contributed by atoms with E-state index >= 15 is 0 Å². The third kappa shape index (κ3) is 10.7. The Morgan fingerprint density at radius 1 is 0.870 bits per heavy atom. The fourth-order valence-electron chi connectivity index (χ4n) is 1.50. The van der Waals surface area contributed by atoms with Gasteiger partial charge in [0.1, 0.15) is 24.8 Å². The Morgan fingerprint density at radius 2 is 1.22 bits per heavy atom. The Kier molecular flexibility index (Phi) is 9.74. The van der Waals surface area contributed by atoms with Crippen LogP contribution in [-0.2, 0) is 36.8 Å². The van der Waals surface area contributed by atoms with Crippen molar-refractivity contribution in [3.8, 4) is 0 Å². The summed E-state index contributed by atoms with van der Waals surface area (Å²) in [5.74, 6) is -3.25. The molecule has 0 saturated heterocycles. The summed E-state index contributed by atoms with van der Waals surface area (Å²) in [7, 11) is 4.04. The van der Waals surface area contributed by atoms with E-state index in [0.29, 0.717) is 0 Å². The number of aromatic nitrogens is 4. The van der Waals surface area contributed by atoms with Crippen LogP contribution in [0.5, 0.6) is 0 Å². The first-order valence-corrected chi connectivity index (χ1v) is 7.20. The van der Waals surface area contributed by atoms with Crippen molar-refractivity contribution in [2.75, 3.05) is 0 Å². The van der Waals surface area contributed by atoms with Crippen molar-refractivity contribution in [3.05, 3.63) is 37.4 Å². The van der Waals surface area contributed by atoms with Crippen LogP contribution < -0.4 is 19.3 Å². The van der Waals surface area contributed by atoms with Gasteiger partial charge < -0.3 is 19.8 Å². The lowest BCUT2D eigenvalue weighted by Crippen LogP contribution is -2.32. The fraction of sp³-hybridized carbons (Fsp3) is 0.467. The molecule has 8 nitrogen and oxygen atoms in total. The number of aryl methyl sites for hydroxylation is 4. The van der Waals surface area contributed by atoms with Crippen molar-refractivity contribution in [1.82, 2.24) is 9.13 Å². The molecule has 0 saturated carbocycles. The van der Waals surface area contributed by atoms with E-state index in [1.807, 2.05) is 35.6 Å². The number of rotatable bonds is 4. The molecule has 128 valence electrons. The number of imidazole rings is 2. The van der Waals surface area contributed by atoms with Crippen LogP contribution in [0.25, 0.3) is 0 Å². The number of carbonyl (C=O) groups is 2. The Bertz CT molecular complexity index is 552. The average molecular weight is 324 g/mol. The van der Waals surface area contributed by atoms with Gasteiger partial charge in [0, 0.05) is 18.4 Å². The monoisotopic (exact) mass is 324 g/mol. The summed E-state index contributed by atoms with van der Waals surface area (Å²) in [4.78, 5) is 18.6. The maximum absolute atomic E-state index is 9.28. The van der Waals surface area contributed by atoms with Gasteiger partial charge in [-0.2, -0.15) is 0 Å². The molecule has 0 aromatic carbocycles. The van der Waals surface area contributed by atoms with Gasteiger partial charge in [-0.1, -0.05) is 0 Å². The van der Waals surface area contributed by atoms with Crippen LogP contribution in [0, 0.1) is 0 Å². The zero-order valence-corrected chi connectivity index (χ0v) is 14.0. The first kappa shape index (κ1) is 20.4. The second-order valence-corrected chi connectivity index (χ2v) is 4.74. The molecular formula is C15H24N4O4. The fourth-order valence-corrected chi connectivity index (χ4v) is 1.50. The molecule has 0 fully saturated rings. The van der Waals surface area contributed by atoms with Crippen molar-refractivity contribution >= 4 is 11.9 Å². The minimum atomic E-state index is -1.63. The summed E-state index contributed by atoms with van der Waals surface area (Å²) < 4.78 is 8.31. The number of hydrogen-bond acceptors (Lipinski definition) is 4. The van der Waals surface area contributed by atoms with Crippen LogP contribution in [0.2, 0.25) is 0 Å². The van der Waals surface area contributed by atoms with Gasteiger partial charge in [0.15, 0.2) is 0 Å². The molecule has 23 heavy (non-hydrogen) atoms. The maximum atomic E-state index is 9.28. The minimum Gasteiger partial charge on any atom is -0.550 e. The molecule has 0 aliphatic heterocycles. The second kappa shape index (κ2) is 11.0. The van der Waals surface area contributed by atoms with Crippen molar-refractivity contribution in [3.63, 3.8) is 0 Å². The normalized spacial score (nSPS) is 9.22. The zero-order chi connectivity index (χ0) is 17.8. The highest BCUT2D eigenvalue weighted by Gasteiger charge is 1.93. The molecule has 0 aliphatic carbocycles. The van der Waals surface area contributed by atoms with E-state index in [1.165, 1.54) is 0 Å². The van der Waals surface area contributed by atoms with Gasteiger partial charge in [-0.25, -0.2) is 18.3 Å². The van der Waals surface area contributed by atoms with Crippen LogP contribution in [0.3, 0.4) is 0 Å². The Morgan fingerprint density at radius 3 is 1.30 bits per heavy atom. The average Bonchev–Trinajstić information content (AvgIpc) is 3.07. The largest absolute Gasteiger partial charge is 0.550 e. The zero-order valence-electron chi connectivity index (χ0n) is 14.0. The highest BCUT2D eigenvalue weighted by Crippen LogP contribution is 1.79. The maximum Gasteiger partial charge on any atom is 0.243 e. The molecule has 0 aliphatic rings. The second-order valence-electron chi connectivity index (χ2n) is 4.74. The molecular weight excluding hydrogens is 300 g/mol. The molecule has 0 unspecified atom stereocenters. The summed E-state index contributed by atoms with van der Waals surface area (Å²) in [6.07, 6.45) is 11.3. The van der Waals surface area contributed by atoms with Crippen molar-refractivity contribution in [2.24, 2.45) is 14.1 Å². The van der Waals surface area contributed by atoms with Gasteiger partial charge in [0.2, 0.25) is 12.7 Å². The topological polar surface area (TPSA) is 97.9 Å². The smallest absolute Gasteiger partial charge is 0.243 e. The van der Waals surface area contributed by atoms with Crippen molar-refractivity contribution in [2.45, 2.75) is 33.4 Å². The van der Waals surface area contributed by atoms with Gasteiger partial charge >= 0.3 is 0 Å². The molecule has 2 aromatic rings. The van der Waals surface area contributed by atoms with Gasteiger partial charge in [0.05, 0.1) is 27.2 Å². The van der Waals surface area contributed by atoms with Gasteiger partial charge in [-0.05, 0) is 13.8 Å². The molecule has 0 spiro atoms. The third-order valence-corrected chi connectivity index (χ3v) is 2.67. The molecule has 2 heterocycles. The van der Waals surface area contributed by atoms with Crippen molar-refractivity contribution < 1.29 is 28.9 Å². The molecule has 0 N–H and O–H groups in total. The summed E-state index contributed by atoms with van der Waals surface area (Å²) in [5.41, 5.74) is 0. The van der Waals surface area contributed by atoms with E-state index in [9.17, 15) is 19.8 Å². The summed E-state index contributed by atoms with van der Waals surface area (Å²) in [6, 6.07) is 0. The number of hydrogen-bond donors (Lipinski definition) is 0. The quantitative estimate of drug-likeness (QED) is 0.460. The van der Waals surface area contributed by atoms with E-state index in [0.717, 1.165) is 13.1 Å². The lowest BCUT2D eigenvalue weighted by Gasteiger charge is -1.99. The number of carboxylic acid groups (broad SMARTS) is 2. The first-order chi connectivity index (χ1) is 10.8. The van der Waals surface area contributed by atoms with Crippen LogP contribution >= 0.6 is 0 Å². The number of aliphatic carboxylic acids is 2. The highest BCUT2D eigenvalue weighted by molar-refractivity contribution is 5.86. The summed E-state index contributed by atoms with van der Waals surface area (Å²) in [6.45, 7) is 6.36. The predicted molar refractivity (Wildman–Crippen MR) is 77.2 cm³/mol. The van der Waals surface area contributed by atoms with Gasteiger partial charge in [-0.3, -0.25) is 0 Å². The Hall–Kier alpha value is -2.64. The predicted octanol–water partition coefficient (Wildman–Crippen LogP) is -2.46. The van der Waals surface area contributed by atoms with Gasteiger partial charge in [-0.15, -0.1) is 0 Å². The van der Waals surface area contributed by atoms with E-state index in [4.69, 9.17) is 0 Å². The molecule has 2 rings (SSSR count). The lowest BCUT2D eigenvalue weighted by molar-refractivity contribution is -0.671. The van der Waals surface area contributed by atoms with Crippen LogP contribution in [-0.4, -0.2) is 21.1 Å². The molecule has 0 amide bonds. The molecule has 2 aromatic heterocycles. The molecule has 0 radical (unpaired) electrons. The van der Waals surface area contributed by atoms with E-state index < -0.39 is 18.4 Å². The van der Waals surface area contributed by atoms with Crippen LogP contribution in [0.15, 0.2) is 37.4 Å². The van der Waals surface area contributed by atoms with E-state index in [2.05, 4.69) is 48.0 Å². The number of carboxylic acids is 2. The van der Waals surface area contributed by atoms with Crippen molar-refractivity contribution in [1.29, 1.82) is 0 Å². The molecule has 0 atom stereocenters. The Balaban J connectivity index is 0.000000317. The number of nitrogens with zero attached hydrogens (tertiary/aromatic N) is 4. The number of carbonyl (C=O) groups excluding carboxylic acids is 2. The van der Waals surface area contributed by atoms with Crippen LogP contribution in [0.4, 0.5) is 0 Å². The minimum absolute atomic E-state index is 1.03. The molecule has 8 heteroatoms. The van der Waals surface area contributed by atoms with E-state index in [-0.39, 0.29) is 0 Å². The molecule has 0 bridgehead atoms. The van der Waals surface area contributed by atoms with Gasteiger partial charge in [0.25, 0.3) is 0 Å². The highest BCUT2D eigenvalue weighted by atomic mass is 16.4. The first-order valence-electron chi connectivity index (χ1n) is 7.20. The van der Waals surface area contributed by atoms with Crippen LogP contribution in [0.1, 0.15) is 20.3 Å². The van der Waals surface area contributed by atoms with E-state index in [1.54, 1.807) is 0 Å².